The number of nitrogens with zero attached hydrogens (tertiary/aromatic N) is 2. The fourth-order valence-electron chi connectivity index (χ4n) is 1.51. The number of benzene rings is 1. The lowest BCUT2D eigenvalue weighted by atomic mass is 10.1. The molecule has 0 atom stereocenters. The Morgan fingerprint density at radius 2 is 2.29 bits per heavy atom. The Hall–Kier alpha value is -1.61. The average molecular weight is 188 g/mol. The van der Waals surface area contributed by atoms with Crippen LogP contribution in [0.1, 0.15) is 11.1 Å². The van der Waals surface area contributed by atoms with Gasteiger partial charge in [0.2, 0.25) is 0 Å². The minimum Gasteiger partial charge on any atom is -0.392 e. The van der Waals surface area contributed by atoms with E-state index in [0.29, 0.717) is 0 Å². The van der Waals surface area contributed by atoms with Gasteiger partial charge in [-0.15, -0.1) is 0 Å². The van der Waals surface area contributed by atoms with Gasteiger partial charge in [0, 0.05) is 18.1 Å². The normalized spacial score (nSPS) is 10.4. The van der Waals surface area contributed by atoms with Gasteiger partial charge in [0.25, 0.3) is 0 Å². The second-order valence-electron chi connectivity index (χ2n) is 3.25. The molecule has 1 aromatic heterocycles. The minimum absolute atomic E-state index is 0.0883. The molecule has 0 aliphatic rings. The summed E-state index contributed by atoms with van der Waals surface area (Å²) in [6, 6.07) is 5.89. The van der Waals surface area contributed by atoms with E-state index >= 15 is 0 Å². The van der Waals surface area contributed by atoms with Crippen LogP contribution >= 0.6 is 0 Å². The molecule has 0 saturated heterocycles. The van der Waals surface area contributed by atoms with Crippen molar-refractivity contribution in [3.63, 3.8) is 0 Å². The van der Waals surface area contributed by atoms with E-state index in [0.717, 1.165) is 16.8 Å². The Morgan fingerprint density at radius 1 is 1.43 bits per heavy atom. The van der Waals surface area contributed by atoms with Gasteiger partial charge in [-0.2, -0.15) is 0 Å². The molecule has 14 heavy (non-hydrogen) atoms. The Kier molecular flexibility index (Phi) is 2.33. The van der Waals surface area contributed by atoms with E-state index in [-0.39, 0.29) is 6.61 Å². The van der Waals surface area contributed by atoms with Crippen LogP contribution in [0.25, 0.3) is 5.69 Å². The molecule has 2 aromatic rings. The topological polar surface area (TPSA) is 38.0 Å². The predicted molar refractivity (Wildman–Crippen MR) is 54.2 cm³/mol. The number of hydrogen-bond acceptors (Lipinski definition) is 2. The second-order valence-corrected chi connectivity index (χ2v) is 3.25. The van der Waals surface area contributed by atoms with E-state index in [4.69, 9.17) is 5.11 Å². The van der Waals surface area contributed by atoms with Crippen LogP contribution in [-0.2, 0) is 6.61 Å². The Morgan fingerprint density at radius 3 is 2.86 bits per heavy atom. The second kappa shape index (κ2) is 3.64. The first kappa shape index (κ1) is 8.97. The molecule has 0 bridgehead atoms. The largest absolute Gasteiger partial charge is 0.392 e. The third-order valence-corrected chi connectivity index (χ3v) is 2.23. The zero-order valence-corrected chi connectivity index (χ0v) is 8.01. The maximum absolute atomic E-state index is 8.96. The van der Waals surface area contributed by atoms with Gasteiger partial charge in [-0.3, -0.25) is 0 Å². The standard InChI is InChI=1S/C11H12N2O/c1-9-6-10(7-14)2-3-11(9)13-5-4-12-8-13/h2-6,8,14H,7H2,1H3. The molecule has 1 N–H and O–H groups in total. The molecule has 2 rings (SSSR count). The lowest BCUT2D eigenvalue weighted by molar-refractivity contribution is 0.282. The molecule has 0 radical (unpaired) electrons. The molecule has 0 spiro atoms. The summed E-state index contributed by atoms with van der Waals surface area (Å²) < 4.78 is 1.95. The Bertz CT molecular complexity index is 421. The van der Waals surface area contributed by atoms with E-state index in [1.165, 1.54) is 0 Å². The lowest BCUT2D eigenvalue weighted by Gasteiger charge is -2.07. The van der Waals surface area contributed by atoms with Crippen molar-refractivity contribution in [2.24, 2.45) is 0 Å². The van der Waals surface area contributed by atoms with Crippen LogP contribution in [0, 0.1) is 6.92 Å². The molecule has 0 aliphatic heterocycles. The van der Waals surface area contributed by atoms with Crippen LogP contribution in [0.2, 0.25) is 0 Å². The van der Waals surface area contributed by atoms with E-state index in [9.17, 15) is 0 Å². The van der Waals surface area contributed by atoms with E-state index in [2.05, 4.69) is 4.98 Å². The minimum atomic E-state index is 0.0883. The van der Waals surface area contributed by atoms with Gasteiger partial charge in [0.05, 0.1) is 12.9 Å². The summed E-state index contributed by atoms with van der Waals surface area (Å²) in [6.45, 7) is 2.11. The zero-order valence-electron chi connectivity index (χ0n) is 8.01. The van der Waals surface area contributed by atoms with E-state index < -0.39 is 0 Å². The molecule has 1 heterocycles. The predicted octanol–water partition coefficient (Wildman–Crippen LogP) is 1.67. The molecule has 0 saturated carbocycles. The highest BCUT2D eigenvalue weighted by Crippen LogP contribution is 2.15. The van der Waals surface area contributed by atoms with Crippen LogP contribution in [0.5, 0.6) is 0 Å². The highest BCUT2D eigenvalue weighted by Gasteiger charge is 2.00. The van der Waals surface area contributed by atoms with Gasteiger partial charge >= 0.3 is 0 Å². The third-order valence-electron chi connectivity index (χ3n) is 2.23. The number of aromatic nitrogens is 2. The van der Waals surface area contributed by atoms with Crippen LogP contribution in [0.15, 0.2) is 36.9 Å². The van der Waals surface area contributed by atoms with Crippen LogP contribution < -0.4 is 0 Å². The van der Waals surface area contributed by atoms with Crippen molar-refractivity contribution in [2.75, 3.05) is 0 Å². The summed E-state index contributed by atoms with van der Waals surface area (Å²) in [5.74, 6) is 0. The number of aliphatic hydroxyl groups is 1. The summed E-state index contributed by atoms with van der Waals surface area (Å²) in [6.07, 6.45) is 5.42. The van der Waals surface area contributed by atoms with Crippen LogP contribution in [0.3, 0.4) is 0 Å². The maximum atomic E-state index is 8.96. The molecule has 0 amide bonds. The average Bonchev–Trinajstić information content (AvgIpc) is 2.70. The third kappa shape index (κ3) is 1.54. The Balaban J connectivity index is 2.46. The highest BCUT2D eigenvalue weighted by atomic mass is 16.3. The highest BCUT2D eigenvalue weighted by molar-refractivity contribution is 5.42. The van der Waals surface area contributed by atoms with Crippen molar-refractivity contribution in [1.82, 2.24) is 9.55 Å². The lowest BCUT2D eigenvalue weighted by Crippen LogP contribution is -1.95. The van der Waals surface area contributed by atoms with Gasteiger partial charge in [0.15, 0.2) is 0 Å². The summed E-state index contributed by atoms with van der Waals surface area (Å²) in [7, 11) is 0. The smallest absolute Gasteiger partial charge is 0.0991 e. The Labute approximate surface area is 82.7 Å². The molecule has 3 nitrogen and oxygen atoms in total. The molecule has 3 heteroatoms. The van der Waals surface area contributed by atoms with Crippen molar-refractivity contribution >= 4 is 0 Å². The molecule has 1 aromatic carbocycles. The quantitative estimate of drug-likeness (QED) is 0.778. The van der Waals surface area contributed by atoms with Crippen molar-refractivity contribution in [3.05, 3.63) is 48.0 Å². The molecule has 0 fully saturated rings. The van der Waals surface area contributed by atoms with Crippen molar-refractivity contribution in [1.29, 1.82) is 0 Å². The summed E-state index contributed by atoms with van der Waals surface area (Å²) in [5, 5.41) is 8.96. The maximum Gasteiger partial charge on any atom is 0.0991 e. The summed E-state index contributed by atoms with van der Waals surface area (Å²) >= 11 is 0. The fraction of sp³-hybridized carbons (Fsp3) is 0.182. The SMILES string of the molecule is Cc1cc(CO)ccc1-n1ccnc1. The number of aliphatic hydroxyl groups excluding tert-OH is 1. The molecule has 0 unspecified atom stereocenters. The number of aryl methyl sites for hydroxylation is 1. The van der Waals surface area contributed by atoms with E-state index in [1.54, 1.807) is 12.5 Å². The van der Waals surface area contributed by atoms with Crippen molar-refractivity contribution in [3.8, 4) is 5.69 Å². The zero-order chi connectivity index (χ0) is 9.97. The summed E-state index contributed by atoms with van der Waals surface area (Å²) in [4.78, 5) is 4.00. The van der Waals surface area contributed by atoms with Gasteiger partial charge < -0.3 is 9.67 Å². The fourth-order valence-corrected chi connectivity index (χ4v) is 1.51. The molecular weight excluding hydrogens is 176 g/mol. The number of hydrogen-bond donors (Lipinski definition) is 1. The van der Waals surface area contributed by atoms with Crippen LogP contribution in [0.4, 0.5) is 0 Å². The first-order valence-corrected chi connectivity index (χ1v) is 4.50. The van der Waals surface area contributed by atoms with Crippen molar-refractivity contribution in [2.45, 2.75) is 13.5 Å². The summed E-state index contributed by atoms with van der Waals surface area (Å²) in [5.41, 5.74) is 3.17. The first-order valence-electron chi connectivity index (χ1n) is 4.50. The number of rotatable bonds is 2. The molecule has 0 aliphatic carbocycles. The van der Waals surface area contributed by atoms with Gasteiger partial charge in [-0.25, -0.2) is 4.98 Å². The van der Waals surface area contributed by atoms with Crippen LogP contribution in [-0.4, -0.2) is 14.7 Å². The molecule has 72 valence electrons. The monoisotopic (exact) mass is 188 g/mol. The van der Waals surface area contributed by atoms with E-state index in [1.807, 2.05) is 35.9 Å². The van der Waals surface area contributed by atoms with Crippen molar-refractivity contribution < 1.29 is 5.11 Å². The first-order chi connectivity index (χ1) is 6.81. The number of imidazole rings is 1. The molecular formula is C11H12N2O. The van der Waals surface area contributed by atoms with Gasteiger partial charge in [-0.1, -0.05) is 12.1 Å². The van der Waals surface area contributed by atoms with Gasteiger partial charge in [0.1, 0.15) is 0 Å². The van der Waals surface area contributed by atoms with Gasteiger partial charge in [-0.05, 0) is 24.1 Å².